The molecule has 2 amide bonds. The van der Waals surface area contributed by atoms with Crippen molar-refractivity contribution < 1.29 is 23.9 Å². The van der Waals surface area contributed by atoms with Crippen LogP contribution in [0.25, 0.3) is 0 Å². The first-order valence-corrected chi connectivity index (χ1v) is 8.46. The zero-order valence-corrected chi connectivity index (χ0v) is 14.2. The Bertz CT molecular complexity index is 607. The van der Waals surface area contributed by atoms with Crippen LogP contribution in [0.5, 0.6) is 5.75 Å². The van der Waals surface area contributed by atoms with Crippen LogP contribution >= 0.6 is 27.7 Å². The second kappa shape index (κ2) is 7.64. The Balaban J connectivity index is 2.20. The van der Waals surface area contributed by atoms with Crippen LogP contribution in [-0.4, -0.2) is 41.4 Å². The van der Waals surface area contributed by atoms with Crippen LogP contribution < -0.4 is 10.1 Å². The maximum atomic E-state index is 11.9. The normalized spacial score (nSPS) is 17.3. The predicted octanol–water partition coefficient (Wildman–Crippen LogP) is 2.14. The van der Waals surface area contributed by atoms with Crippen LogP contribution in [0, 0.1) is 0 Å². The molecule has 0 bridgehead atoms. The highest BCUT2D eigenvalue weighted by Gasteiger charge is 2.31. The summed E-state index contributed by atoms with van der Waals surface area (Å²) in [5.41, 5.74) is 1.06. The van der Waals surface area contributed by atoms with Gasteiger partial charge in [0.1, 0.15) is 11.3 Å². The van der Waals surface area contributed by atoms with Crippen molar-refractivity contribution in [3.05, 3.63) is 29.3 Å². The minimum atomic E-state index is -0.508. The molecule has 1 aliphatic heterocycles. The number of hydrogen-bond donors (Lipinski definition) is 1. The van der Waals surface area contributed by atoms with Crippen LogP contribution in [0.1, 0.15) is 15.9 Å². The summed E-state index contributed by atoms with van der Waals surface area (Å²) in [5, 5.41) is 2.05. The summed E-state index contributed by atoms with van der Waals surface area (Å²) >= 11 is 4.20. The van der Waals surface area contributed by atoms with E-state index in [-0.39, 0.29) is 11.1 Å². The van der Waals surface area contributed by atoms with E-state index in [9.17, 15) is 14.4 Å². The molecule has 0 radical (unpaired) electrons. The Labute approximate surface area is 140 Å². The first-order valence-electron chi connectivity index (χ1n) is 6.46. The maximum absolute atomic E-state index is 11.9. The molecule has 1 unspecified atom stereocenters. The SMILES string of the molecule is COC(=O)c1cc(CC2SC(=O)NC2=O)ccc1OCCBr. The smallest absolute Gasteiger partial charge is 0.341 e. The van der Waals surface area contributed by atoms with Crippen molar-refractivity contribution in [2.24, 2.45) is 0 Å². The summed E-state index contributed by atoms with van der Waals surface area (Å²) in [6, 6.07) is 5.07. The molecule has 1 N–H and O–H groups in total. The number of nitrogens with one attached hydrogen (secondary N) is 1. The van der Waals surface area contributed by atoms with Crippen molar-refractivity contribution in [2.75, 3.05) is 19.0 Å². The number of amides is 2. The standard InChI is InChI=1S/C14H14BrNO5S/c1-20-13(18)9-6-8(2-3-10(9)21-5-4-15)7-11-12(17)16-14(19)22-11/h2-3,6,11H,4-5,7H2,1H3,(H,16,17,19). The number of alkyl halides is 1. The molecular formula is C14H14BrNO5S. The Morgan fingerprint density at radius 3 is 2.77 bits per heavy atom. The second-order valence-electron chi connectivity index (χ2n) is 4.45. The monoisotopic (exact) mass is 387 g/mol. The third kappa shape index (κ3) is 4.01. The third-order valence-electron chi connectivity index (χ3n) is 2.97. The van der Waals surface area contributed by atoms with Gasteiger partial charge in [-0.3, -0.25) is 14.9 Å². The first kappa shape index (κ1) is 16.8. The highest BCUT2D eigenvalue weighted by atomic mass is 79.9. The van der Waals surface area contributed by atoms with Crippen LogP contribution in [0.2, 0.25) is 0 Å². The molecular weight excluding hydrogens is 374 g/mol. The highest BCUT2D eigenvalue weighted by Crippen LogP contribution is 2.26. The number of thioether (sulfide) groups is 1. The Morgan fingerprint density at radius 2 is 2.18 bits per heavy atom. The molecule has 8 heteroatoms. The van der Waals surface area contributed by atoms with E-state index in [1.807, 2.05) is 0 Å². The van der Waals surface area contributed by atoms with Crippen LogP contribution in [0.4, 0.5) is 4.79 Å². The van der Waals surface area contributed by atoms with E-state index in [2.05, 4.69) is 21.2 Å². The topological polar surface area (TPSA) is 81.7 Å². The Morgan fingerprint density at radius 1 is 1.41 bits per heavy atom. The number of carbonyl (C=O) groups is 3. The fourth-order valence-electron chi connectivity index (χ4n) is 1.99. The number of carbonyl (C=O) groups excluding carboxylic acids is 3. The maximum Gasteiger partial charge on any atom is 0.341 e. The highest BCUT2D eigenvalue weighted by molar-refractivity contribution is 9.09. The number of benzene rings is 1. The van der Waals surface area contributed by atoms with E-state index in [4.69, 9.17) is 9.47 Å². The van der Waals surface area contributed by atoms with Crippen LogP contribution in [0.15, 0.2) is 18.2 Å². The summed E-state index contributed by atoms with van der Waals surface area (Å²) in [4.78, 5) is 34.6. The molecule has 1 saturated heterocycles. The van der Waals surface area contributed by atoms with Crippen molar-refractivity contribution in [1.82, 2.24) is 5.32 Å². The van der Waals surface area contributed by atoms with E-state index in [1.54, 1.807) is 18.2 Å². The zero-order chi connectivity index (χ0) is 16.1. The van der Waals surface area contributed by atoms with Crippen molar-refractivity contribution in [3.63, 3.8) is 0 Å². The van der Waals surface area contributed by atoms with Gasteiger partial charge in [-0.25, -0.2) is 4.79 Å². The van der Waals surface area contributed by atoms with E-state index in [0.29, 0.717) is 29.7 Å². The third-order valence-corrected chi connectivity index (χ3v) is 4.28. The van der Waals surface area contributed by atoms with E-state index < -0.39 is 11.2 Å². The largest absolute Gasteiger partial charge is 0.492 e. The number of ether oxygens (including phenoxy) is 2. The van der Waals surface area contributed by atoms with Gasteiger partial charge in [0.2, 0.25) is 5.91 Å². The molecule has 1 fully saturated rings. The van der Waals surface area contributed by atoms with Gasteiger partial charge in [-0.15, -0.1) is 0 Å². The summed E-state index contributed by atoms with van der Waals surface area (Å²) in [5.74, 6) is -0.394. The average molecular weight is 388 g/mol. The predicted molar refractivity (Wildman–Crippen MR) is 85.7 cm³/mol. The minimum Gasteiger partial charge on any atom is -0.492 e. The molecule has 2 rings (SSSR count). The van der Waals surface area contributed by atoms with E-state index >= 15 is 0 Å². The summed E-state index contributed by atoms with van der Waals surface area (Å²) in [6.45, 7) is 0.415. The van der Waals surface area contributed by atoms with Gasteiger partial charge in [0.15, 0.2) is 0 Å². The fraction of sp³-hybridized carbons (Fsp3) is 0.357. The molecule has 1 heterocycles. The number of hydrogen-bond acceptors (Lipinski definition) is 6. The molecule has 0 aromatic heterocycles. The Kier molecular flexibility index (Phi) is 5.84. The van der Waals surface area contributed by atoms with Crippen molar-refractivity contribution in [2.45, 2.75) is 11.7 Å². The van der Waals surface area contributed by atoms with Gasteiger partial charge >= 0.3 is 5.97 Å². The van der Waals surface area contributed by atoms with E-state index in [1.165, 1.54) is 7.11 Å². The fourth-order valence-corrected chi connectivity index (χ4v) is 3.01. The number of halogens is 1. The van der Waals surface area contributed by atoms with Crippen LogP contribution in [0.3, 0.4) is 0 Å². The van der Waals surface area contributed by atoms with Gasteiger partial charge in [0.25, 0.3) is 5.24 Å². The second-order valence-corrected chi connectivity index (χ2v) is 6.42. The quantitative estimate of drug-likeness (QED) is 0.594. The van der Waals surface area contributed by atoms with Gasteiger partial charge in [0.05, 0.1) is 19.0 Å². The van der Waals surface area contributed by atoms with Crippen molar-refractivity contribution in [1.29, 1.82) is 0 Å². The van der Waals surface area contributed by atoms with Gasteiger partial charge in [0, 0.05) is 5.33 Å². The molecule has 0 spiro atoms. The van der Waals surface area contributed by atoms with Crippen molar-refractivity contribution in [3.8, 4) is 5.75 Å². The molecule has 118 valence electrons. The lowest BCUT2D eigenvalue weighted by molar-refractivity contribution is -0.118. The van der Waals surface area contributed by atoms with Gasteiger partial charge in [-0.05, 0) is 24.1 Å². The first-order chi connectivity index (χ1) is 10.5. The molecule has 0 aliphatic carbocycles. The number of methoxy groups -OCH3 is 1. The summed E-state index contributed by atoms with van der Waals surface area (Å²) in [7, 11) is 1.29. The van der Waals surface area contributed by atoms with Gasteiger partial charge in [-0.2, -0.15) is 0 Å². The number of imide groups is 1. The number of rotatable bonds is 6. The van der Waals surface area contributed by atoms with Crippen molar-refractivity contribution >= 4 is 44.8 Å². The molecule has 22 heavy (non-hydrogen) atoms. The molecule has 1 atom stereocenters. The van der Waals surface area contributed by atoms with E-state index in [0.717, 1.165) is 17.3 Å². The lowest BCUT2D eigenvalue weighted by Crippen LogP contribution is -2.25. The molecule has 6 nitrogen and oxygen atoms in total. The molecule has 1 aromatic carbocycles. The lowest BCUT2D eigenvalue weighted by Gasteiger charge is -2.12. The minimum absolute atomic E-state index is 0.302. The molecule has 1 aliphatic rings. The average Bonchev–Trinajstić information content (AvgIpc) is 2.82. The lowest BCUT2D eigenvalue weighted by atomic mass is 10.0. The van der Waals surface area contributed by atoms with Gasteiger partial charge in [-0.1, -0.05) is 33.8 Å². The van der Waals surface area contributed by atoms with Gasteiger partial charge < -0.3 is 9.47 Å². The number of esters is 1. The Hall–Kier alpha value is -1.54. The summed E-state index contributed by atoms with van der Waals surface area (Å²) < 4.78 is 10.2. The molecule has 0 saturated carbocycles. The molecule has 1 aromatic rings. The zero-order valence-electron chi connectivity index (χ0n) is 11.8. The summed E-state index contributed by atoms with van der Waals surface area (Å²) in [6.07, 6.45) is 0.352. The van der Waals surface area contributed by atoms with Crippen LogP contribution in [-0.2, 0) is 16.0 Å².